The van der Waals surface area contributed by atoms with Crippen LogP contribution >= 0.6 is 0 Å². The quantitative estimate of drug-likeness (QED) is 0.898. The van der Waals surface area contributed by atoms with E-state index in [1.165, 1.54) is 5.56 Å². The summed E-state index contributed by atoms with van der Waals surface area (Å²) in [7, 11) is 0. The van der Waals surface area contributed by atoms with E-state index in [0.717, 1.165) is 40.5 Å². The largest absolute Gasteiger partial charge is 0.464 e. The number of hydrogen-bond donors (Lipinski definition) is 1. The number of likely N-dealkylation sites (tertiary alicyclic amines) is 1. The molecule has 2 aromatic rings. The highest BCUT2D eigenvalue weighted by molar-refractivity contribution is 5.92. The van der Waals surface area contributed by atoms with Gasteiger partial charge in [0.05, 0.1) is 25.8 Å². The highest BCUT2D eigenvalue weighted by atomic mass is 16.6. The second-order valence-corrected chi connectivity index (χ2v) is 7.62. The molecule has 2 aliphatic rings. The van der Waals surface area contributed by atoms with Gasteiger partial charge in [0.2, 0.25) is 5.91 Å². The van der Waals surface area contributed by atoms with Crippen molar-refractivity contribution in [3.05, 3.63) is 34.6 Å². The van der Waals surface area contributed by atoms with Gasteiger partial charge < -0.3 is 19.4 Å². The monoisotopic (exact) mass is 356 g/mol. The number of nitrogens with zero attached hydrogens (tertiary/aromatic N) is 1. The molecule has 2 fully saturated rings. The first-order valence-electron chi connectivity index (χ1n) is 9.10. The van der Waals surface area contributed by atoms with Gasteiger partial charge in [0.15, 0.2) is 0 Å². The highest BCUT2D eigenvalue weighted by Gasteiger charge is 2.44. The summed E-state index contributed by atoms with van der Waals surface area (Å²) >= 11 is 0. The average molecular weight is 356 g/mol. The number of amides is 2. The first kappa shape index (κ1) is 16.9. The molecule has 4 rings (SSSR count). The number of nitrogens with one attached hydrogen (secondary N) is 1. The molecule has 3 heterocycles. The zero-order valence-corrected chi connectivity index (χ0v) is 15.5. The molecule has 26 heavy (non-hydrogen) atoms. The smallest absolute Gasteiger partial charge is 0.407 e. The second kappa shape index (κ2) is 6.04. The fraction of sp³-hybridized carbons (Fsp3) is 0.500. The Morgan fingerprint density at radius 3 is 2.85 bits per heavy atom. The van der Waals surface area contributed by atoms with Crippen LogP contribution in [0.4, 0.5) is 4.79 Å². The first-order chi connectivity index (χ1) is 12.4. The summed E-state index contributed by atoms with van der Waals surface area (Å²) in [4.78, 5) is 26.2. The van der Waals surface area contributed by atoms with Crippen molar-refractivity contribution < 1.29 is 18.7 Å². The normalized spacial score (nSPS) is 22.7. The van der Waals surface area contributed by atoms with Crippen LogP contribution < -0.4 is 5.32 Å². The standard InChI is InChI=1S/C20H24N2O4/c1-12-7-13(2)17-15(9-25-18(17)14(12)3)8-16(23)22-6-4-5-20(11-22)10-21-19(24)26-20/h7,9H,4-6,8,10-11H2,1-3H3,(H,21,24)/t20-/m1/s1. The Morgan fingerprint density at radius 1 is 1.31 bits per heavy atom. The molecule has 1 aromatic heterocycles. The van der Waals surface area contributed by atoms with Gasteiger partial charge in [-0.1, -0.05) is 6.07 Å². The van der Waals surface area contributed by atoms with E-state index in [1.54, 1.807) is 6.26 Å². The molecule has 0 saturated carbocycles. The van der Waals surface area contributed by atoms with Crippen LogP contribution in [0.3, 0.4) is 0 Å². The third-order valence-electron chi connectivity index (χ3n) is 5.72. The Hall–Kier alpha value is -2.50. The van der Waals surface area contributed by atoms with Crippen molar-refractivity contribution in [1.82, 2.24) is 10.2 Å². The lowest BCUT2D eigenvalue weighted by molar-refractivity contribution is -0.136. The molecule has 0 unspecified atom stereocenters. The molecule has 1 spiro atoms. The number of furan rings is 1. The number of ether oxygens (including phenoxy) is 1. The minimum Gasteiger partial charge on any atom is -0.464 e. The number of aryl methyl sites for hydroxylation is 3. The van der Waals surface area contributed by atoms with Crippen molar-refractivity contribution in [2.24, 2.45) is 0 Å². The zero-order valence-electron chi connectivity index (χ0n) is 15.5. The summed E-state index contributed by atoms with van der Waals surface area (Å²) in [5, 5.41) is 3.76. The van der Waals surface area contributed by atoms with E-state index in [2.05, 4.69) is 25.2 Å². The molecule has 0 bridgehead atoms. The van der Waals surface area contributed by atoms with Crippen LogP contribution in [0, 0.1) is 20.8 Å². The van der Waals surface area contributed by atoms with Crippen LogP contribution in [0.15, 0.2) is 16.7 Å². The van der Waals surface area contributed by atoms with Gasteiger partial charge in [0.25, 0.3) is 0 Å². The van der Waals surface area contributed by atoms with Crippen molar-refractivity contribution >= 4 is 23.0 Å². The van der Waals surface area contributed by atoms with E-state index in [1.807, 2.05) is 11.8 Å². The Morgan fingerprint density at radius 2 is 2.12 bits per heavy atom. The van der Waals surface area contributed by atoms with Crippen LogP contribution in [0.2, 0.25) is 0 Å². The van der Waals surface area contributed by atoms with Gasteiger partial charge >= 0.3 is 6.09 Å². The van der Waals surface area contributed by atoms with Crippen LogP contribution in [0.5, 0.6) is 0 Å². The van der Waals surface area contributed by atoms with E-state index in [4.69, 9.17) is 9.15 Å². The fourth-order valence-corrected chi connectivity index (χ4v) is 4.23. The minimum atomic E-state index is -0.562. The predicted octanol–water partition coefficient (Wildman–Crippen LogP) is 3.00. The van der Waals surface area contributed by atoms with Crippen molar-refractivity contribution in [2.75, 3.05) is 19.6 Å². The molecule has 6 nitrogen and oxygen atoms in total. The molecular weight excluding hydrogens is 332 g/mol. The fourth-order valence-electron chi connectivity index (χ4n) is 4.23. The molecule has 1 atom stereocenters. The number of benzene rings is 1. The summed E-state index contributed by atoms with van der Waals surface area (Å²) in [6.45, 7) is 7.80. The molecule has 1 N–H and O–H groups in total. The molecule has 2 saturated heterocycles. The molecule has 138 valence electrons. The molecule has 2 amide bonds. The number of fused-ring (bicyclic) bond motifs is 1. The Labute approximate surface area is 152 Å². The van der Waals surface area contributed by atoms with Crippen molar-refractivity contribution in [1.29, 1.82) is 0 Å². The molecule has 1 aromatic carbocycles. The number of hydrogen-bond acceptors (Lipinski definition) is 4. The molecular formula is C20H24N2O4. The van der Waals surface area contributed by atoms with Gasteiger partial charge in [0.1, 0.15) is 11.2 Å². The molecule has 6 heteroatoms. The Bertz CT molecular complexity index is 901. The SMILES string of the molecule is Cc1cc(C)c2c(CC(=O)N3CCC[C@@]4(CNC(=O)O4)C3)coc2c1C. The van der Waals surface area contributed by atoms with Crippen molar-refractivity contribution in [3.63, 3.8) is 0 Å². The number of piperidine rings is 1. The number of carbonyl (C=O) groups is 2. The number of rotatable bonds is 2. The number of alkyl carbamates (subject to hydrolysis) is 1. The number of carbonyl (C=O) groups excluding carboxylic acids is 2. The maximum Gasteiger partial charge on any atom is 0.407 e. The molecule has 0 radical (unpaired) electrons. The molecule has 2 aliphatic heterocycles. The van der Waals surface area contributed by atoms with E-state index < -0.39 is 5.60 Å². The second-order valence-electron chi connectivity index (χ2n) is 7.62. The predicted molar refractivity (Wildman–Crippen MR) is 97.2 cm³/mol. The van der Waals surface area contributed by atoms with Gasteiger partial charge in [-0.05, 0) is 50.3 Å². The van der Waals surface area contributed by atoms with Gasteiger partial charge in [-0.15, -0.1) is 0 Å². The van der Waals surface area contributed by atoms with E-state index in [0.29, 0.717) is 26.1 Å². The highest BCUT2D eigenvalue weighted by Crippen LogP contribution is 2.32. The zero-order chi connectivity index (χ0) is 18.5. The third kappa shape index (κ3) is 2.73. The lowest BCUT2D eigenvalue weighted by Gasteiger charge is -2.38. The van der Waals surface area contributed by atoms with Gasteiger partial charge in [0, 0.05) is 17.5 Å². The topological polar surface area (TPSA) is 71.8 Å². The van der Waals surface area contributed by atoms with E-state index >= 15 is 0 Å². The summed E-state index contributed by atoms with van der Waals surface area (Å²) in [6.07, 6.45) is 3.25. The Kier molecular flexibility index (Phi) is 3.93. The van der Waals surface area contributed by atoms with Gasteiger partial charge in [-0.25, -0.2) is 4.79 Å². The summed E-state index contributed by atoms with van der Waals surface area (Å²) in [6, 6.07) is 2.14. The van der Waals surface area contributed by atoms with Crippen LogP contribution in [-0.2, 0) is 16.0 Å². The van der Waals surface area contributed by atoms with Gasteiger partial charge in [-0.3, -0.25) is 4.79 Å². The average Bonchev–Trinajstić information content (AvgIpc) is 3.17. The Balaban J connectivity index is 1.56. The maximum absolute atomic E-state index is 12.9. The summed E-state index contributed by atoms with van der Waals surface area (Å²) in [5.41, 5.74) is 4.67. The minimum absolute atomic E-state index is 0.0485. The van der Waals surface area contributed by atoms with E-state index in [-0.39, 0.29) is 12.0 Å². The third-order valence-corrected chi connectivity index (χ3v) is 5.72. The first-order valence-corrected chi connectivity index (χ1v) is 9.10. The summed E-state index contributed by atoms with van der Waals surface area (Å²) < 4.78 is 11.2. The lowest BCUT2D eigenvalue weighted by atomic mass is 9.92. The van der Waals surface area contributed by atoms with Crippen molar-refractivity contribution in [2.45, 2.75) is 45.6 Å². The maximum atomic E-state index is 12.9. The van der Waals surface area contributed by atoms with Crippen molar-refractivity contribution in [3.8, 4) is 0 Å². The van der Waals surface area contributed by atoms with Crippen LogP contribution in [0.25, 0.3) is 11.0 Å². The van der Waals surface area contributed by atoms with Crippen LogP contribution in [-0.4, -0.2) is 42.1 Å². The summed E-state index contributed by atoms with van der Waals surface area (Å²) in [5.74, 6) is 0.0485. The lowest BCUT2D eigenvalue weighted by Crippen LogP contribution is -2.52. The van der Waals surface area contributed by atoms with E-state index in [9.17, 15) is 9.59 Å². The van der Waals surface area contributed by atoms with Gasteiger partial charge in [-0.2, -0.15) is 0 Å². The molecule has 0 aliphatic carbocycles. The van der Waals surface area contributed by atoms with Crippen LogP contribution in [0.1, 0.15) is 35.1 Å².